The zero-order chi connectivity index (χ0) is 9.14. The van der Waals surface area contributed by atoms with E-state index in [4.69, 9.17) is 5.11 Å². The molecule has 0 aliphatic heterocycles. The van der Waals surface area contributed by atoms with E-state index in [0.717, 1.165) is 0 Å². The normalized spacial score (nSPS) is 12.5. The molecule has 0 aromatic carbocycles. The number of carboxylic acids is 1. The second-order valence-corrected chi connectivity index (χ2v) is 2.45. The van der Waals surface area contributed by atoms with Crippen LogP contribution in [0.25, 0.3) is 0 Å². The molecule has 0 radical (unpaired) electrons. The van der Waals surface area contributed by atoms with Crippen molar-refractivity contribution in [3.8, 4) is 0 Å². The van der Waals surface area contributed by atoms with Crippen LogP contribution in [0.2, 0.25) is 0 Å². The van der Waals surface area contributed by atoms with Crippen LogP contribution >= 0.6 is 0 Å². The quantitative estimate of drug-likeness (QED) is 0.681. The molecule has 1 N–H and O–H groups in total. The Bertz CT molecular complexity index is 301. The summed E-state index contributed by atoms with van der Waals surface area (Å²) in [5, 5.41) is 8.56. The van der Waals surface area contributed by atoms with E-state index in [0.29, 0.717) is 0 Å². The average Bonchev–Trinajstić information content (AvgIpc) is 2.03. The van der Waals surface area contributed by atoms with Gasteiger partial charge in [0, 0.05) is 0 Å². The smallest absolute Gasteiger partial charge is 0.312 e. The predicted octanol–water partition coefficient (Wildman–Crippen LogP) is 1.41. The molecule has 0 aliphatic carbocycles. The molecule has 12 heavy (non-hydrogen) atoms. The number of hydrogen-bond donors (Lipinski definition) is 1. The Morgan fingerprint density at radius 3 is 2.83 bits per heavy atom. The van der Waals surface area contributed by atoms with E-state index in [9.17, 15) is 9.18 Å². The van der Waals surface area contributed by atoms with Crippen molar-refractivity contribution in [1.82, 2.24) is 4.98 Å². The second kappa shape index (κ2) is 3.30. The number of aromatic nitrogens is 1. The van der Waals surface area contributed by atoms with Gasteiger partial charge < -0.3 is 5.11 Å². The minimum Gasteiger partial charge on any atom is -0.481 e. The number of pyridine rings is 1. The van der Waals surface area contributed by atoms with Gasteiger partial charge in [-0.25, -0.2) is 4.98 Å². The maximum absolute atomic E-state index is 12.5. The second-order valence-electron chi connectivity index (χ2n) is 2.45. The highest BCUT2D eigenvalue weighted by Crippen LogP contribution is 2.12. The van der Waals surface area contributed by atoms with Gasteiger partial charge in [0.25, 0.3) is 0 Å². The highest BCUT2D eigenvalue weighted by atomic mass is 19.1. The van der Waals surface area contributed by atoms with Crippen molar-refractivity contribution < 1.29 is 14.3 Å². The van der Waals surface area contributed by atoms with Crippen molar-refractivity contribution in [2.75, 3.05) is 0 Å². The summed E-state index contributed by atoms with van der Waals surface area (Å²) in [5.74, 6) is -2.42. The Morgan fingerprint density at radius 2 is 2.33 bits per heavy atom. The Morgan fingerprint density at radius 1 is 1.67 bits per heavy atom. The van der Waals surface area contributed by atoms with Gasteiger partial charge in [-0.2, -0.15) is 4.39 Å². The molecule has 1 atom stereocenters. The fraction of sp³-hybridized carbons (Fsp3) is 0.250. The van der Waals surface area contributed by atoms with E-state index < -0.39 is 17.8 Å². The first-order valence-electron chi connectivity index (χ1n) is 3.46. The van der Waals surface area contributed by atoms with Crippen LogP contribution in [0.3, 0.4) is 0 Å². The lowest BCUT2D eigenvalue weighted by Crippen LogP contribution is -2.09. The van der Waals surface area contributed by atoms with Crippen LogP contribution in [0.15, 0.2) is 18.2 Å². The molecule has 4 heteroatoms. The first-order chi connectivity index (χ1) is 5.61. The maximum Gasteiger partial charge on any atom is 0.312 e. The van der Waals surface area contributed by atoms with E-state index >= 15 is 0 Å². The van der Waals surface area contributed by atoms with Crippen LogP contribution in [0.5, 0.6) is 0 Å². The van der Waals surface area contributed by atoms with Crippen LogP contribution in [0.4, 0.5) is 4.39 Å². The average molecular weight is 169 g/mol. The summed E-state index contributed by atoms with van der Waals surface area (Å²) in [6, 6.07) is 4.11. The summed E-state index contributed by atoms with van der Waals surface area (Å²) in [6.45, 7) is 1.46. The van der Waals surface area contributed by atoms with Crippen molar-refractivity contribution in [3.63, 3.8) is 0 Å². The molecule has 1 unspecified atom stereocenters. The Labute approximate surface area is 68.9 Å². The lowest BCUT2D eigenvalue weighted by Gasteiger charge is -2.03. The van der Waals surface area contributed by atoms with Gasteiger partial charge >= 0.3 is 5.97 Å². The monoisotopic (exact) mass is 169 g/mol. The number of carbonyl (C=O) groups is 1. The third-order valence-electron chi connectivity index (χ3n) is 1.55. The Hall–Kier alpha value is -1.45. The highest BCUT2D eigenvalue weighted by molar-refractivity contribution is 5.74. The number of rotatable bonds is 2. The lowest BCUT2D eigenvalue weighted by molar-refractivity contribution is -0.138. The van der Waals surface area contributed by atoms with E-state index in [1.807, 2.05) is 0 Å². The molecular formula is C8H8FNO2. The topological polar surface area (TPSA) is 50.2 Å². The van der Waals surface area contributed by atoms with Crippen LogP contribution in [-0.4, -0.2) is 16.1 Å². The van der Waals surface area contributed by atoms with Gasteiger partial charge in [0.05, 0.1) is 11.6 Å². The molecule has 1 aromatic heterocycles. The molecule has 1 rings (SSSR count). The van der Waals surface area contributed by atoms with Gasteiger partial charge in [0.2, 0.25) is 5.95 Å². The van der Waals surface area contributed by atoms with Crippen LogP contribution < -0.4 is 0 Å². The number of nitrogens with zero attached hydrogens (tertiary/aromatic N) is 1. The van der Waals surface area contributed by atoms with Gasteiger partial charge in [0.1, 0.15) is 0 Å². The molecule has 0 amide bonds. The van der Waals surface area contributed by atoms with Crippen molar-refractivity contribution >= 4 is 5.97 Å². The lowest BCUT2D eigenvalue weighted by atomic mass is 10.1. The third kappa shape index (κ3) is 1.78. The number of aliphatic carboxylic acids is 1. The molecule has 0 spiro atoms. The molecule has 1 heterocycles. The fourth-order valence-electron chi connectivity index (χ4n) is 0.792. The summed E-state index contributed by atoms with van der Waals surface area (Å²) in [4.78, 5) is 13.9. The molecule has 0 saturated carbocycles. The van der Waals surface area contributed by atoms with E-state index in [2.05, 4.69) is 4.98 Å². The number of hydrogen-bond acceptors (Lipinski definition) is 2. The summed E-state index contributed by atoms with van der Waals surface area (Å²) in [6.07, 6.45) is 0. The Kier molecular flexibility index (Phi) is 2.38. The van der Waals surface area contributed by atoms with Gasteiger partial charge in [-0.3, -0.25) is 4.79 Å². The van der Waals surface area contributed by atoms with Gasteiger partial charge in [-0.15, -0.1) is 0 Å². The highest BCUT2D eigenvalue weighted by Gasteiger charge is 2.14. The first kappa shape index (κ1) is 8.64. The van der Waals surface area contributed by atoms with Crippen LogP contribution in [0, 0.1) is 5.95 Å². The maximum atomic E-state index is 12.5. The minimum absolute atomic E-state index is 0.238. The molecule has 0 aliphatic rings. The fourth-order valence-corrected chi connectivity index (χ4v) is 0.792. The summed E-state index contributed by atoms with van der Waals surface area (Å²) in [7, 11) is 0. The SMILES string of the molecule is CC(C(=O)O)c1cccc(F)n1. The van der Waals surface area contributed by atoms with E-state index in [-0.39, 0.29) is 5.69 Å². The molecule has 0 saturated heterocycles. The third-order valence-corrected chi connectivity index (χ3v) is 1.55. The molecule has 3 nitrogen and oxygen atoms in total. The first-order valence-corrected chi connectivity index (χ1v) is 3.46. The molecule has 0 fully saturated rings. The molecular weight excluding hydrogens is 161 g/mol. The van der Waals surface area contributed by atoms with Gasteiger partial charge in [0.15, 0.2) is 0 Å². The number of carboxylic acid groups (broad SMARTS) is 1. The standard InChI is InChI=1S/C8H8FNO2/c1-5(8(11)12)6-3-2-4-7(9)10-6/h2-5H,1H3,(H,11,12). The van der Waals surface area contributed by atoms with Crippen molar-refractivity contribution in [2.45, 2.75) is 12.8 Å². The summed E-state index contributed by atoms with van der Waals surface area (Å²) in [5.41, 5.74) is 0.238. The van der Waals surface area contributed by atoms with Gasteiger partial charge in [-0.05, 0) is 19.1 Å². The summed E-state index contributed by atoms with van der Waals surface area (Å²) >= 11 is 0. The van der Waals surface area contributed by atoms with Crippen molar-refractivity contribution in [2.24, 2.45) is 0 Å². The van der Waals surface area contributed by atoms with Crippen molar-refractivity contribution in [1.29, 1.82) is 0 Å². The van der Waals surface area contributed by atoms with Crippen LogP contribution in [0.1, 0.15) is 18.5 Å². The predicted molar refractivity (Wildman–Crippen MR) is 40.2 cm³/mol. The molecule has 1 aromatic rings. The van der Waals surface area contributed by atoms with E-state index in [1.165, 1.54) is 25.1 Å². The Balaban J connectivity index is 2.95. The van der Waals surface area contributed by atoms with Crippen molar-refractivity contribution in [3.05, 3.63) is 29.8 Å². The number of halogens is 1. The molecule has 0 bridgehead atoms. The minimum atomic E-state index is -1.01. The summed E-state index contributed by atoms with van der Waals surface area (Å²) < 4.78 is 12.5. The zero-order valence-electron chi connectivity index (χ0n) is 6.49. The van der Waals surface area contributed by atoms with Gasteiger partial charge in [-0.1, -0.05) is 6.07 Å². The largest absolute Gasteiger partial charge is 0.481 e. The van der Waals surface area contributed by atoms with Crippen LogP contribution in [-0.2, 0) is 4.79 Å². The zero-order valence-corrected chi connectivity index (χ0v) is 6.49. The van der Waals surface area contributed by atoms with E-state index in [1.54, 1.807) is 0 Å². The molecule has 64 valence electrons.